The van der Waals surface area contributed by atoms with E-state index in [2.05, 4.69) is 36.6 Å². The molecule has 0 spiro atoms. The Kier molecular flexibility index (Phi) is 6.53. The minimum Gasteiger partial charge on any atom is -0.494 e. The van der Waals surface area contributed by atoms with Gasteiger partial charge in [-0.15, -0.1) is 0 Å². The van der Waals surface area contributed by atoms with Gasteiger partial charge in [-0.05, 0) is 76.1 Å². The van der Waals surface area contributed by atoms with Gasteiger partial charge in [0.25, 0.3) is 5.56 Å². The zero-order chi connectivity index (χ0) is 24.4. The fourth-order valence-electron chi connectivity index (χ4n) is 5.17. The topological polar surface area (TPSA) is 61.4 Å². The van der Waals surface area contributed by atoms with Crippen molar-refractivity contribution in [1.82, 2.24) is 14.2 Å². The van der Waals surface area contributed by atoms with Gasteiger partial charge in [-0.2, -0.15) is 9.78 Å². The van der Waals surface area contributed by atoms with Crippen LogP contribution in [0.25, 0.3) is 16.6 Å². The number of aromatic nitrogens is 3. The number of benzene rings is 2. The van der Waals surface area contributed by atoms with E-state index in [0.717, 1.165) is 52.6 Å². The second-order valence-electron chi connectivity index (χ2n) is 9.27. The van der Waals surface area contributed by atoms with E-state index in [-0.39, 0.29) is 11.5 Å². The molecular weight excluding hydrogens is 436 g/mol. The van der Waals surface area contributed by atoms with Gasteiger partial charge in [0.05, 0.1) is 23.7 Å². The Balaban J connectivity index is 1.55. The molecule has 0 bridgehead atoms. The Morgan fingerprint density at radius 1 is 1.06 bits per heavy atom. The molecule has 6 heteroatoms. The number of fused-ring (bicyclic) bond motifs is 1. The SMILES string of the molecule is CCOc1ccc(-n2c(C)cc(C=Nn3c(C4CCCCC4)nc4ccccc4c3=O)c2C)cc1. The quantitative estimate of drug-likeness (QED) is 0.320. The molecule has 0 aliphatic heterocycles. The van der Waals surface area contributed by atoms with Crippen molar-refractivity contribution in [3.63, 3.8) is 0 Å². The van der Waals surface area contributed by atoms with Gasteiger partial charge in [-0.1, -0.05) is 31.4 Å². The summed E-state index contributed by atoms with van der Waals surface area (Å²) in [6.45, 7) is 6.79. The molecule has 4 aromatic rings. The molecule has 0 radical (unpaired) electrons. The Bertz CT molecular complexity index is 1420. The zero-order valence-corrected chi connectivity index (χ0v) is 20.7. The van der Waals surface area contributed by atoms with E-state index >= 15 is 0 Å². The largest absolute Gasteiger partial charge is 0.494 e. The van der Waals surface area contributed by atoms with E-state index in [1.807, 2.05) is 43.3 Å². The molecule has 0 unspecified atom stereocenters. The fourth-order valence-corrected chi connectivity index (χ4v) is 5.17. The van der Waals surface area contributed by atoms with Crippen molar-refractivity contribution in [2.45, 2.75) is 58.8 Å². The molecule has 2 heterocycles. The van der Waals surface area contributed by atoms with Crippen molar-refractivity contribution >= 4 is 17.1 Å². The lowest BCUT2D eigenvalue weighted by Crippen LogP contribution is -2.25. The number of rotatable bonds is 6. The molecule has 1 saturated carbocycles. The van der Waals surface area contributed by atoms with E-state index in [4.69, 9.17) is 14.8 Å². The van der Waals surface area contributed by atoms with Crippen LogP contribution in [0, 0.1) is 13.8 Å². The highest BCUT2D eigenvalue weighted by Gasteiger charge is 2.22. The van der Waals surface area contributed by atoms with Crippen molar-refractivity contribution in [2.24, 2.45) is 5.10 Å². The Morgan fingerprint density at radius 3 is 2.54 bits per heavy atom. The lowest BCUT2D eigenvalue weighted by molar-refractivity contribution is 0.340. The van der Waals surface area contributed by atoms with Gasteiger partial charge in [-0.3, -0.25) is 4.79 Å². The van der Waals surface area contributed by atoms with Gasteiger partial charge >= 0.3 is 0 Å². The van der Waals surface area contributed by atoms with Crippen LogP contribution < -0.4 is 10.3 Å². The number of hydrogen-bond acceptors (Lipinski definition) is 4. The monoisotopic (exact) mass is 468 g/mol. The Hall–Kier alpha value is -3.67. The molecule has 6 nitrogen and oxygen atoms in total. The first-order valence-electron chi connectivity index (χ1n) is 12.5. The number of ether oxygens (including phenoxy) is 1. The molecule has 0 saturated heterocycles. The van der Waals surface area contributed by atoms with Gasteiger partial charge in [0.2, 0.25) is 0 Å². The van der Waals surface area contributed by atoms with Crippen molar-refractivity contribution < 1.29 is 4.74 Å². The molecule has 180 valence electrons. The molecule has 1 aliphatic rings. The van der Waals surface area contributed by atoms with Crippen molar-refractivity contribution in [3.8, 4) is 11.4 Å². The average Bonchev–Trinajstić information content (AvgIpc) is 3.17. The van der Waals surface area contributed by atoms with Crippen LogP contribution in [0.4, 0.5) is 0 Å². The van der Waals surface area contributed by atoms with Gasteiger partial charge in [0, 0.05) is 28.6 Å². The van der Waals surface area contributed by atoms with Crippen LogP contribution in [-0.4, -0.2) is 27.0 Å². The Morgan fingerprint density at radius 2 is 1.80 bits per heavy atom. The van der Waals surface area contributed by atoms with E-state index in [1.54, 1.807) is 10.9 Å². The van der Waals surface area contributed by atoms with Crippen LogP contribution in [0.5, 0.6) is 5.75 Å². The van der Waals surface area contributed by atoms with Crippen LogP contribution in [0.1, 0.15) is 67.7 Å². The minimum atomic E-state index is -0.104. The summed E-state index contributed by atoms with van der Waals surface area (Å²) in [5.74, 6) is 1.90. The van der Waals surface area contributed by atoms with E-state index in [9.17, 15) is 4.79 Å². The van der Waals surface area contributed by atoms with Crippen LogP contribution in [0.3, 0.4) is 0 Å². The lowest BCUT2D eigenvalue weighted by atomic mass is 9.88. The smallest absolute Gasteiger partial charge is 0.282 e. The van der Waals surface area contributed by atoms with Crippen LogP contribution >= 0.6 is 0 Å². The third kappa shape index (κ3) is 4.53. The number of aryl methyl sites for hydroxylation is 1. The molecule has 1 fully saturated rings. The number of para-hydroxylation sites is 1. The zero-order valence-electron chi connectivity index (χ0n) is 20.7. The highest BCUT2D eigenvalue weighted by Crippen LogP contribution is 2.32. The van der Waals surface area contributed by atoms with Crippen molar-refractivity contribution in [2.75, 3.05) is 6.61 Å². The first kappa shape index (κ1) is 23.1. The molecule has 2 aromatic carbocycles. The van der Waals surface area contributed by atoms with Crippen LogP contribution in [0.15, 0.2) is 64.5 Å². The minimum absolute atomic E-state index is 0.104. The van der Waals surface area contributed by atoms with Crippen LogP contribution in [0.2, 0.25) is 0 Å². The molecule has 35 heavy (non-hydrogen) atoms. The summed E-state index contributed by atoms with van der Waals surface area (Å²) in [6.07, 6.45) is 7.48. The third-order valence-electron chi connectivity index (χ3n) is 6.94. The maximum absolute atomic E-state index is 13.5. The molecular formula is C29H32N4O2. The van der Waals surface area contributed by atoms with Crippen molar-refractivity contribution in [1.29, 1.82) is 0 Å². The van der Waals surface area contributed by atoms with Gasteiger partial charge in [0.1, 0.15) is 11.6 Å². The highest BCUT2D eigenvalue weighted by atomic mass is 16.5. The summed E-state index contributed by atoms with van der Waals surface area (Å²) in [5, 5.41) is 5.33. The van der Waals surface area contributed by atoms with Gasteiger partial charge in [-0.25, -0.2) is 4.98 Å². The molecule has 1 aliphatic carbocycles. The summed E-state index contributed by atoms with van der Waals surface area (Å²) >= 11 is 0. The summed E-state index contributed by atoms with van der Waals surface area (Å²) in [5.41, 5.74) is 4.86. The maximum atomic E-state index is 13.5. The first-order chi connectivity index (χ1) is 17.1. The normalized spacial score (nSPS) is 14.7. The molecule has 2 aromatic heterocycles. The maximum Gasteiger partial charge on any atom is 0.282 e. The Labute approximate surface area is 205 Å². The van der Waals surface area contributed by atoms with Gasteiger partial charge in [0.15, 0.2) is 0 Å². The highest BCUT2D eigenvalue weighted by molar-refractivity contribution is 5.82. The van der Waals surface area contributed by atoms with E-state index in [1.165, 1.54) is 19.3 Å². The molecule has 0 atom stereocenters. The van der Waals surface area contributed by atoms with E-state index < -0.39 is 0 Å². The standard InChI is InChI=1S/C29H32N4O2/c1-4-35-25-16-14-24(15-17-25)32-20(2)18-23(21(32)3)19-30-33-28(22-10-6-5-7-11-22)31-27-13-9-8-12-26(27)29(33)34/h8-9,12-19,22H,4-7,10-11H2,1-3H3. The second kappa shape index (κ2) is 9.90. The summed E-state index contributed by atoms with van der Waals surface area (Å²) in [6, 6.07) is 17.8. The third-order valence-corrected chi connectivity index (χ3v) is 6.94. The first-order valence-corrected chi connectivity index (χ1v) is 12.5. The predicted molar refractivity (Wildman–Crippen MR) is 141 cm³/mol. The molecule has 0 amide bonds. The summed E-state index contributed by atoms with van der Waals surface area (Å²) in [4.78, 5) is 18.4. The summed E-state index contributed by atoms with van der Waals surface area (Å²) < 4.78 is 9.32. The number of nitrogens with zero attached hydrogens (tertiary/aromatic N) is 4. The molecule has 0 N–H and O–H groups in total. The van der Waals surface area contributed by atoms with E-state index in [0.29, 0.717) is 12.0 Å². The second-order valence-corrected chi connectivity index (χ2v) is 9.27. The van der Waals surface area contributed by atoms with Crippen molar-refractivity contribution in [3.05, 3.63) is 87.7 Å². The number of hydrogen-bond donors (Lipinski definition) is 0. The van der Waals surface area contributed by atoms with Gasteiger partial charge < -0.3 is 9.30 Å². The predicted octanol–water partition coefficient (Wildman–Crippen LogP) is 6.13. The average molecular weight is 469 g/mol. The lowest BCUT2D eigenvalue weighted by Gasteiger charge is -2.22. The van der Waals surface area contributed by atoms with Crippen LogP contribution in [-0.2, 0) is 0 Å². The fraction of sp³-hybridized carbons (Fsp3) is 0.345. The summed E-state index contributed by atoms with van der Waals surface area (Å²) in [7, 11) is 0. The molecule has 5 rings (SSSR count).